The molecule has 0 heterocycles. The zero-order valence-corrected chi connectivity index (χ0v) is 18.0. The lowest BCUT2D eigenvalue weighted by Gasteiger charge is -2.25. The number of carboxylic acid groups (broad SMARTS) is 1. The van der Waals surface area contributed by atoms with Crippen LogP contribution in [0.5, 0.6) is 0 Å². The zero-order chi connectivity index (χ0) is 22.5. The number of carbonyl (C=O) groups is 3. The van der Waals surface area contributed by atoms with Crippen molar-refractivity contribution in [3.8, 4) is 11.1 Å². The number of carbonyl (C=O) groups excluding carboxylic acids is 2. The summed E-state index contributed by atoms with van der Waals surface area (Å²) in [5.74, 6) is -2.07. The van der Waals surface area contributed by atoms with Crippen LogP contribution in [0, 0.1) is 5.92 Å². The predicted octanol–water partition coefficient (Wildman–Crippen LogP) is 3.48. The van der Waals surface area contributed by atoms with Gasteiger partial charge in [-0.25, -0.2) is 4.79 Å². The van der Waals surface area contributed by atoms with Crippen LogP contribution in [0.1, 0.15) is 37.3 Å². The first kappa shape index (κ1) is 22.3. The largest absolute Gasteiger partial charge is 0.481 e. The molecular weight excluding hydrogens is 396 g/mol. The van der Waals surface area contributed by atoms with Crippen molar-refractivity contribution < 1.29 is 24.2 Å². The van der Waals surface area contributed by atoms with Gasteiger partial charge in [0.1, 0.15) is 12.6 Å². The number of nitrogens with one attached hydrogen (secondary N) is 1. The summed E-state index contributed by atoms with van der Waals surface area (Å²) in [4.78, 5) is 37.4. The van der Waals surface area contributed by atoms with Crippen molar-refractivity contribution in [2.45, 2.75) is 32.2 Å². The average molecular weight is 424 g/mol. The van der Waals surface area contributed by atoms with Gasteiger partial charge in [-0.1, -0.05) is 62.4 Å². The number of alkyl carbamates (subject to hydrolysis) is 1. The first-order valence-corrected chi connectivity index (χ1v) is 10.4. The van der Waals surface area contributed by atoms with Gasteiger partial charge in [0.05, 0.1) is 5.92 Å². The minimum Gasteiger partial charge on any atom is -0.481 e. The van der Waals surface area contributed by atoms with E-state index in [1.54, 1.807) is 6.92 Å². The van der Waals surface area contributed by atoms with E-state index in [9.17, 15) is 14.4 Å². The molecule has 164 valence electrons. The molecule has 2 aromatic rings. The van der Waals surface area contributed by atoms with Crippen LogP contribution in [0.2, 0.25) is 0 Å². The number of carboxylic acids is 1. The first-order chi connectivity index (χ1) is 14.8. The lowest BCUT2D eigenvalue weighted by Crippen LogP contribution is -2.48. The van der Waals surface area contributed by atoms with Gasteiger partial charge in [0.25, 0.3) is 0 Å². The summed E-state index contributed by atoms with van der Waals surface area (Å²) < 4.78 is 5.51. The Bertz CT molecular complexity index is 928. The lowest BCUT2D eigenvalue weighted by molar-refractivity contribution is -0.143. The van der Waals surface area contributed by atoms with Crippen LogP contribution in [0.25, 0.3) is 11.1 Å². The number of hydrogen-bond acceptors (Lipinski definition) is 4. The summed E-state index contributed by atoms with van der Waals surface area (Å²) in [6.07, 6.45) is -0.295. The van der Waals surface area contributed by atoms with Crippen LogP contribution in [0.3, 0.4) is 0 Å². The molecule has 3 rings (SSSR count). The smallest absolute Gasteiger partial charge is 0.407 e. The van der Waals surface area contributed by atoms with Crippen molar-refractivity contribution in [3.63, 3.8) is 0 Å². The molecule has 2 aromatic carbocycles. The highest BCUT2D eigenvalue weighted by molar-refractivity contribution is 5.86. The van der Waals surface area contributed by atoms with Crippen LogP contribution in [0.15, 0.2) is 48.5 Å². The SMILES string of the molecule is CCC(NC(=O)OCC1c2ccccc2-c2ccccc21)C(=O)N(C)CC(C)C(=O)O. The van der Waals surface area contributed by atoms with E-state index in [4.69, 9.17) is 9.84 Å². The van der Waals surface area contributed by atoms with E-state index >= 15 is 0 Å². The fraction of sp³-hybridized carbons (Fsp3) is 0.375. The molecule has 0 radical (unpaired) electrons. The average Bonchev–Trinajstić information content (AvgIpc) is 3.09. The normalized spacial score (nSPS) is 14.2. The molecule has 0 fully saturated rings. The van der Waals surface area contributed by atoms with E-state index in [1.807, 2.05) is 36.4 Å². The maximum Gasteiger partial charge on any atom is 0.407 e. The molecule has 0 aromatic heterocycles. The number of aliphatic carboxylic acids is 1. The van der Waals surface area contributed by atoms with Gasteiger partial charge in [-0.15, -0.1) is 0 Å². The van der Waals surface area contributed by atoms with Crippen LogP contribution < -0.4 is 5.32 Å². The number of ether oxygens (including phenoxy) is 1. The molecule has 2 unspecified atom stereocenters. The maximum atomic E-state index is 12.6. The Morgan fingerprint density at radius 2 is 1.61 bits per heavy atom. The number of nitrogens with zero attached hydrogens (tertiary/aromatic N) is 1. The maximum absolute atomic E-state index is 12.6. The summed E-state index contributed by atoms with van der Waals surface area (Å²) in [5.41, 5.74) is 4.51. The van der Waals surface area contributed by atoms with E-state index < -0.39 is 24.0 Å². The highest BCUT2D eigenvalue weighted by Gasteiger charge is 2.30. The summed E-state index contributed by atoms with van der Waals surface area (Å²) in [6, 6.07) is 15.4. The molecule has 7 nitrogen and oxygen atoms in total. The van der Waals surface area contributed by atoms with E-state index in [0.717, 1.165) is 22.3 Å². The predicted molar refractivity (Wildman–Crippen MR) is 117 cm³/mol. The topological polar surface area (TPSA) is 95.9 Å². The molecule has 2 atom stereocenters. The number of benzene rings is 2. The second-order valence-corrected chi connectivity index (χ2v) is 7.89. The van der Waals surface area contributed by atoms with E-state index in [0.29, 0.717) is 6.42 Å². The summed E-state index contributed by atoms with van der Waals surface area (Å²) in [6.45, 7) is 3.54. The van der Waals surface area contributed by atoms with Crippen molar-refractivity contribution in [1.29, 1.82) is 0 Å². The number of rotatable bonds is 8. The van der Waals surface area contributed by atoms with Gasteiger partial charge in [-0.3, -0.25) is 9.59 Å². The second kappa shape index (κ2) is 9.64. The van der Waals surface area contributed by atoms with E-state index in [-0.39, 0.29) is 25.0 Å². The molecule has 0 saturated carbocycles. The molecule has 0 saturated heterocycles. The standard InChI is InChI=1S/C24H28N2O5/c1-4-21(22(27)26(3)13-15(2)23(28)29)25-24(30)31-14-20-18-11-7-5-9-16(18)17-10-6-8-12-19(17)20/h5-12,15,20-21H,4,13-14H2,1-3H3,(H,25,30)(H,28,29). The Morgan fingerprint density at radius 1 is 1.06 bits per heavy atom. The van der Waals surface area contributed by atoms with Crippen molar-refractivity contribution in [2.24, 2.45) is 5.92 Å². The molecular formula is C24H28N2O5. The highest BCUT2D eigenvalue weighted by Crippen LogP contribution is 2.44. The number of hydrogen-bond donors (Lipinski definition) is 2. The van der Waals surface area contributed by atoms with Gasteiger partial charge < -0.3 is 20.1 Å². The Morgan fingerprint density at radius 3 is 2.13 bits per heavy atom. The minimum atomic E-state index is -0.975. The van der Waals surface area contributed by atoms with Gasteiger partial charge in [0.15, 0.2) is 0 Å². The quantitative estimate of drug-likeness (QED) is 0.676. The Balaban J connectivity index is 1.62. The molecule has 0 bridgehead atoms. The number of fused-ring (bicyclic) bond motifs is 3. The van der Waals surface area contributed by atoms with Gasteiger partial charge in [-0.2, -0.15) is 0 Å². The van der Waals surface area contributed by atoms with Crippen molar-refractivity contribution in [3.05, 3.63) is 59.7 Å². The molecule has 0 aliphatic heterocycles. The number of amides is 2. The van der Waals surface area contributed by atoms with Gasteiger partial charge in [-0.05, 0) is 28.7 Å². The highest BCUT2D eigenvalue weighted by atomic mass is 16.5. The third kappa shape index (κ3) is 4.87. The molecule has 1 aliphatic rings. The summed E-state index contributed by atoms with van der Waals surface area (Å²) in [5, 5.41) is 11.7. The number of likely N-dealkylation sites (N-methyl/N-ethyl adjacent to an activating group) is 1. The van der Waals surface area contributed by atoms with Crippen molar-refractivity contribution in [2.75, 3.05) is 20.2 Å². The van der Waals surface area contributed by atoms with E-state index in [2.05, 4.69) is 17.4 Å². The Labute approximate surface area is 182 Å². The third-order valence-electron chi connectivity index (χ3n) is 5.69. The zero-order valence-electron chi connectivity index (χ0n) is 18.0. The second-order valence-electron chi connectivity index (χ2n) is 7.89. The fourth-order valence-corrected chi connectivity index (χ4v) is 3.97. The Kier molecular flexibility index (Phi) is 6.95. The van der Waals surface area contributed by atoms with Crippen LogP contribution in [-0.2, 0) is 14.3 Å². The summed E-state index contributed by atoms with van der Waals surface area (Å²) in [7, 11) is 1.53. The lowest BCUT2D eigenvalue weighted by atomic mass is 9.98. The van der Waals surface area contributed by atoms with Crippen molar-refractivity contribution >= 4 is 18.0 Å². The Hall–Kier alpha value is -3.35. The minimum absolute atomic E-state index is 0.0620. The summed E-state index contributed by atoms with van der Waals surface area (Å²) >= 11 is 0. The molecule has 7 heteroatoms. The molecule has 0 spiro atoms. The van der Waals surface area contributed by atoms with Gasteiger partial charge in [0, 0.05) is 19.5 Å². The van der Waals surface area contributed by atoms with Crippen LogP contribution >= 0.6 is 0 Å². The first-order valence-electron chi connectivity index (χ1n) is 10.4. The van der Waals surface area contributed by atoms with Crippen molar-refractivity contribution in [1.82, 2.24) is 10.2 Å². The van der Waals surface area contributed by atoms with E-state index in [1.165, 1.54) is 18.9 Å². The molecule has 31 heavy (non-hydrogen) atoms. The molecule has 2 amide bonds. The molecule has 2 N–H and O–H groups in total. The third-order valence-corrected chi connectivity index (χ3v) is 5.69. The fourth-order valence-electron chi connectivity index (χ4n) is 3.97. The monoisotopic (exact) mass is 424 g/mol. The van der Waals surface area contributed by atoms with Crippen LogP contribution in [-0.4, -0.2) is 54.2 Å². The van der Waals surface area contributed by atoms with Gasteiger partial charge in [0.2, 0.25) is 5.91 Å². The van der Waals surface area contributed by atoms with Gasteiger partial charge >= 0.3 is 12.1 Å². The molecule has 1 aliphatic carbocycles. The van der Waals surface area contributed by atoms with Crippen LogP contribution in [0.4, 0.5) is 4.79 Å².